The van der Waals surface area contributed by atoms with Crippen LogP contribution in [0, 0.1) is 5.92 Å². The molecule has 0 unspecified atom stereocenters. The van der Waals surface area contributed by atoms with Gasteiger partial charge in [-0.1, -0.05) is 13.8 Å². The lowest BCUT2D eigenvalue weighted by molar-refractivity contribution is -0.136. The first-order valence-corrected chi connectivity index (χ1v) is 6.96. The Hall–Kier alpha value is -2.08. The van der Waals surface area contributed by atoms with Gasteiger partial charge in [0.05, 0.1) is 6.61 Å². The summed E-state index contributed by atoms with van der Waals surface area (Å²) in [5.74, 6) is -0.298. The van der Waals surface area contributed by atoms with Crippen LogP contribution in [-0.2, 0) is 9.59 Å². The van der Waals surface area contributed by atoms with Crippen molar-refractivity contribution in [1.82, 2.24) is 5.32 Å². The fourth-order valence-electron chi connectivity index (χ4n) is 1.45. The van der Waals surface area contributed by atoms with E-state index in [2.05, 4.69) is 24.5 Å². The number of benzene rings is 1. The number of ether oxygens (including phenoxy) is 1. The standard InChI is InChI=1S/C15H22N2O4/c1-11(2)10-21-13-6-4-12(5-7-13)17-15(20)14(19)16-8-3-9-18/h4-7,11,18H,3,8-10H2,1-2H3,(H,16,19)(H,17,20). The minimum absolute atomic E-state index is 0.0280. The highest BCUT2D eigenvalue weighted by molar-refractivity contribution is 6.39. The zero-order chi connectivity index (χ0) is 15.7. The van der Waals surface area contributed by atoms with Gasteiger partial charge in [-0.05, 0) is 36.6 Å². The molecule has 0 atom stereocenters. The largest absolute Gasteiger partial charge is 0.493 e. The Morgan fingerprint density at radius 2 is 1.86 bits per heavy atom. The molecule has 0 aromatic heterocycles. The van der Waals surface area contributed by atoms with Crippen molar-refractivity contribution < 1.29 is 19.4 Å². The third-order valence-corrected chi connectivity index (χ3v) is 2.52. The average Bonchev–Trinajstić information content (AvgIpc) is 2.46. The Labute approximate surface area is 124 Å². The summed E-state index contributed by atoms with van der Waals surface area (Å²) >= 11 is 0. The van der Waals surface area contributed by atoms with Gasteiger partial charge in [-0.3, -0.25) is 9.59 Å². The van der Waals surface area contributed by atoms with E-state index >= 15 is 0 Å². The van der Waals surface area contributed by atoms with Crippen LogP contribution in [0.15, 0.2) is 24.3 Å². The minimum Gasteiger partial charge on any atom is -0.493 e. The Balaban J connectivity index is 2.43. The van der Waals surface area contributed by atoms with Crippen molar-refractivity contribution in [3.8, 4) is 5.75 Å². The number of aliphatic hydroxyl groups is 1. The summed E-state index contributed by atoms with van der Waals surface area (Å²) in [6.07, 6.45) is 0.418. The molecule has 0 saturated heterocycles. The highest BCUT2D eigenvalue weighted by Gasteiger charge is 2.12. The highest BCUT2D eigenvalue weighted by atomic mass is 16.5. The molecule has 1 aromatic rings. The first-order valence-electron chi connectivity index (χ1n) is 6.96. The monoisotopic (exact) mass is 294 g/mol. The van der Waals surface area contributed by atoms with Crippen LogP contribution in [0.2, 0.25) is 0 Å². The van der Waals surface area contributed by atoms with Gasteiger partial charge in [0.1, 0.15) is 5.75 Å². The summed E-state index contributed by atoms with van der Waals surface area (Å²) in [5.41, 5.74) is 0.522. The smallest absolute Gasteiger partial charge is 0.313 e. The first kappa shape index (κ1) is 17.0. The van der Waals surface area contributed by atoms with Crippen molar-refractivity contribution >= 4 is 17.5 Å². The van der Waals surface area contributed by atoms with Gasteiger partial charge in [-0.15, -0.1) is 0 Å². The molecule has 0 bridgehead atoms. The fourth-order valence-corrected chi connectivity index (χ4v) is 1.45. The van der Waals surface area contributed by atoms with Crippen molar-refractivity contribution in [2.24, 2.45) is 5.92 Å². The summed E-state index contributed by atoms with van der Waals surface area (Å²) in [6.45, 7) is 4.98. The number of anilines is 1. The van der Waals surface area contributed by atoms with Crippen LogP contribution >= 0.6 is 0 Å². The van der Waals surface area contributed by atoms with E-state index in [4.69, 9.17) is 9.84 Å². The molecule has 0 saturated carbocycles. The van der Waals surface area contributed by atoms with Crippen LogP contribution in [-0.4, -0.2) is 36.7 Å². The summed E-state index contributed by atoms with van der Waals surface area (Å²) in [4.78, 5) is 23.0. The molecular weight excluding hydrogens is 272 g/mol. The minimum atomic E-state index is -0.733. The van der Waals surface area contributed by atoms with Crippen LogP contribution < -0.4 is 15.4 Å². The van der Waals surface area contributed by atoms with Crippen molar-refractivity contribution in [3.05, 3.63) is 24.3 Å². The van der Waals surface area contributed by atoms with Crippen LogP contribution in [0.3, 0.4) is 0 Å². The lowest BCUT2D eigenvalue weighted by Crippen LogP contribution is -2.36. The number of nitrogens with one attached hydrogen (secondary N) is 2. The number of amides is 2. The Morgan fingerprint density at radius 3 is 2.43 bits per heavy atom. The predicted molar refractivity (Wildman–Crippen MR) is 80.1 cm³/mol. The predicted octanol–water partition coefficient (Wildman–Crippen LogP) is 1.16. The van der Waals surface area contributed by atoms with E-state index in [-0.39, 0.29) is 13.2 Å². The number of carbonyl (C=O) groups excluding carboxylic acids is 2. The normalized spacial score (nSPS) is 10.3. The van der Waals surface area contributed by atoms with E-state index in [1.165, 1.54) is 0 Å². The molecule has 21 heavy (non-hydrogen) atoms. The molecule has 0 fully saturated rings. The molecular formula is C15H22N2O4. The molecule has 0 aliphatic rings. The van der Waals surface area contributed by atoms with E-state index in [9.17, 15) is 9.59 Å². The molecule has 0 radical (unpaired) electrons. The maximum atomic E-state index is 11.6. The summed E-state index contributed by atoms with van der Waals surface area (Å²) in [7, 11) is 0. The molecule has 3 N–H and O–H groups in total. The average molecular weight is 294 g/mol. The van der Waals surface area contributed by atoms with Gasteiger partial charge in [0.25, 0.3) is 0 Å². The maximum Gasteiger partial charge on any atom is 0.313 e. The zero-order valence-electron chi connectivity index (χ0n) is 12.4. The van der Waals surface area contributed by atoms with E-state index in [0.29, 0.717) is 30.4 Å². The van der Waals surface area contributed by atoms with Crippen molar-refractivity contribution in [1.29, 1.82) is 0 Å². The number of aliphatic hydroxyl groups excluding tert-OH is 1. The van der Waals surface area contributed by atoms with E-state index in [1.807, 2.05) is 0 Å². The Kier molecular flexibility index (Phi) is 7.25. The van der Waals surface area contributed by atoms with E-state index in [1.54, 1.807) is 24.3 Å². The van der Waals surface area contributed by atoms with E-state index in [0.717, 1.165) is 0 Å². The topological polar surface area (TPSA) is 87.7 Å². The van der Waals surface area contributed by atoms with Crippen molar-refractivity contribution in [2.45, 2.75) is 20.3 Å². The number of hydrogen-bond donors (Lipinski definition) is 3. The van der Waals surface area contributed by atoms with Gasteiger partial charge in [0, 0.05) is 18.8 Å². The van der Waals surface area contributed by atoms with Gasteiger partial charge < -0.3 is 20.5 Å². The van der Waals surface area contributed by atoms with Crippen molar-refractivity contribution in [2.75, 3.05) is 25.1 Å². The molecule has 0 spiro atoms. The molecule has 116 valence electrons. The summed E-state index contributed by atoms with van der Waals surface area (Å²) in [6, 6.07) is 6.83. The lowest BCUT2D eigenvalue weighted by atomic mass is 10.2. The highest BCUT2D eigenvalue weighted by Crippen LogP contribution is 2.16. The Bertz CT molecular complexity index is 457. The molecule has 0 heterocycles. The van der Waals surface area contributed by atoms with Gasteiger partial charge >= 0.3 is 11.8 Å². The SMILES string of the molecule is CC(C)COc1ccc(NC(=O)C(=O)NCCCO)cc1. The van der Waals surface area contributed by atoms with Crippen LogP contribution in [0.5, 0.6) is 5.75 Å². The number of hydrogen-bond acceptors (Lipinski definition) is 4. The van der Waals surface area contributed by atoms with Gasteiger partial charge in [-0.2, -0.15) is 0 Å². The number of rotatable bonds is 7. The van der Waals surface area contributed by atoms with Crippen LogP contribution in [0.1, 0.15) is 20.3 Å². The second-order valence-corrected chi connectivity index (χ2v) is 5.02. The molecule has 0 aliphatic heterocycles. The second kappa shape index (κ2) is 8.97. The van der Waals surface area contributed by atoms with Gasteiger partial charge in [0.15, 0.2) is 0 Å². The van der Waals surface area contributed by atoms with Crippen LogP contribution in [0.4, 0.5) is 5.69 Å². The third kappa shape index (κ3) is 6.76. The molecule has 2 amide bonds. The lowest BCUT2D eigenvalue weighted by Gasteiger charge is -2.10. The van der Waals surface area contributed by atoms with Gasteiger partial charge in [-0.25, -0.2) is 0 Å². The first-order chi connectivity index (χ1) is 10.0. The third-order valence-electron chi connectivity index (χ3n) is 2.52. The molecule has 6 nitrogen and oxygen atoms in total. The van der Waals surface area contributed by atoms with Crippen LogP contribution in [0.25, 0.3) is 0 Å². The molecule has 1 aromatic carbocycles. The van der Waals surface area contributed by atoms with E-state index < -0.39 is 11.8 Å². The fraction of sp³-hybridized carbons (Fsp3) is 0.467. The maximum absolute atomic E-state index is 11.6. The number of carbonyl (C=O) groups is 2. The zero-order valence-corrected chi connectivity index (χ0v) is 12.4. The Morgan fingerprint density at radius 1 is 1.19 bits per heavy atom. The molecule has 6 heteroatoms. The summed E-state index contributed by atoms with van der Waals surface area (Å²) < 4.78 is 5.52. The molecule has 0 aliphatic carbocycles. The van der Waals surface area contributed by atoms with Crippen molar-refractivity contribution in [3.63, 3.8) is 0 Å². The summed E-state index contributed by atoms with van der Waals surface area (Å²) in [5, 5.41) is 13.5. The van der Waals surface area contributed by atoms with Gasteiger partial charge in [0.2, 0.25) is 0 Å². The quantitative estimate of drug-likeness (QED) is 0.520. The molecule has 1 rings (SSSR count). The second-order valence-electron chi connectivity index (χ2n) is 5.02.